The monoisotopic (exact) mass is 377 g/mol. The van der Waals surface area contributed by atoms with Crippen molar-refractivity contribution < 1.29 is 22.8 Å². The first-order valence-corrected chi connectivity index (χ1v) is 8.36. The summed E-state index contributed by atoms with van der Waals surface area (Å²) in [5.74, 6) is -0.859. The van der Waals surface area contributed by atoms with Crippen molar-refractivity contribution in [3.8, 4) is 0 Å². The molecule has 1 fully saturated rings. The molecule has 2 aromatic rings. The van der Waals surface area contributed by atoms with Gasteiger partial charge in [-0.15, -0.1) is 0 Å². The molecular weight excluding hydrogens is 359 g/mol. The van der Waals surface area contributed by atoms with Gasteiger partial charge in [-0.25, -0.2) is 4.79 Å². The lowest BCUT2D eigenvalue weighted by atomic mass is 10.0. The highest BCUT2D eigenvalue weighted by atomic mass is 19.4. The number of amides is 3. The van der Waals surface area contributed by atoms with Gasteiger partial charge in [-0.05, 0) is 30.2 Å². The fraction of sp³-hybridized carbons (Fsp3) is 0.263. The summed E-state index contributed by atoms with van der Waals surface area (Å²) in [6.45, 7) is 2.67. The van der Waals surface area contributed by atoms with Crippen molar-refractivity contribution in [1.82, 2.24) is 10.6 Å². The molecule has 0 radical (unpaired) electrons. The molecule has 142 valence electrons. The van der Waals surface area contributed by atoms with E-state index in [0.717, 1.165) is 5.56 Å². The van der Waals surface area contributed by atoms with Crippen molar-refractivity contribution in [2.24, 2.45) is 0 Å². The Balaban J connectivity index is 1.88. The summed E-state index contributed by atoms with van der Waals surface area (Å²) >= 11 is 0. The van der Waals surface area contributed by atoms with Gasteiger partial charge in [-0.3, -0.25) is 9.69 Å². The van der Waals surface area contributed by atoms with Crippen LogP contribution in [0.5, 0.6) is 0 Å². The molecule has 1 saturated heterocycles. The van der Waals surface area contributed by atoms with E-state index in [1.54, 1.807) is 19.1 Å². The smallest absolute Gasteiger partial charge is 0.337 e. The number of urea groups is 1. The lowest BCUT2D eigenvalue weighted by Gasteiger charge is -2.23. The number of nitrogens with one attached hydrogen (secondary N) is 2. The Kier molecular flexibility index (Phi) is 5.07. The minimum absolute atomic E-state index is 0.0513. The van der Waals surface area contributed by atoms with Crippen LogP contribution in [0.3, 0.4) is 0 Å². The molecular formula is C19H18F3N3O2. The minimum Gasteiger partial charge on any atom is -0.337 e. The topological polar surface area (TPSA) is 61.4 Å². The standard InChI is InChI=1S/C19H18F3N3O2/c1-12-7-8-14(11-15(12)25-10-9-23-18(25)27)17(26)24-16(19(20,21)22)13-5-3-2-4-6-13/h2-8,11,16H,9-10H2,1H3,(H,23,27)(H,24,26)/t16-/m1/s1. The Labute approximate surface area is 154 Å². The maximum atomic E-state index is 13.4. The van der Waals surface area contributed by atoms with Crippen molar-refractivity contribution >= 4 is 17.6 Å². The molecule has 1 aliphatic heterocycles. The highest BCUT2D eigenvalue weighted by molar-refractivity contribution is 5.99. The van der Waals surface area contributed by atoms with Gasteiger partial charge in [0.2, 0.25) is 0 Å². The molecule has 0 bridgehead atoms. The summed E-state index contributed by atoms with van der Waals surface area (Å²) in [6, 6.07) is 9.27. The number of rotatable bonds is 4. The number of nitrogens with zero attached hydrogens (tertiary/aromatic N) is 1. The van der Waals surface area contributed by atoms with E-state index in [1.165, 1.54) is 41.3 Å². The molecule has 8 heteroatoms. The Bertz CT molecular complexity index is 853. The predicted octanol–water partition coefficient (Wildman–Crippen LogP) is 3.56. The van der Waals surface area contributed by atoms with Crippen molar-refractivity contribution in [2.75, 3.05) is 18.0 Å². The molecule has 2 N–H and O–H groups in total. The van der Waals surface area contributed by atoms with E-state index in [9.17, 15) is 22.8 Å². The molecule has 1 atom stereocenters. The number of anilines is 1. The minimum atomic E-state index is -4.64. The van der Waals surface area contributed by atoms with E-state index in [2.05, 4.69) is 10.6 Å². The van der Waals surface area contributed by atoms with Crippen LogP contribution in [0.15, 0.2) is 48.5 Å². The molecule has 0 saturated carbocycles. The van der Waals surface area contributed by atoms with E-state index in [4.69, 9.17) is 0 Å². The number of carbonyl (C=O) groups excluding carboxylic acids is 2. The van der Waals surface area contributed by atoms with Crippen molar-refractivity contribution in [3.63, 3.8) is 0 Å². The molecule has 1 aliphatic rings. The normalized spacial score (nSPS) is 15.4. The first-order chi connectivity index (χ1) is 12.8. The summed E-state index contributed by atoms with van der Waals surface area (Å²) in [5, 5.41) is 4.71. The first kappa shape index (κ1) is 18.8. The van der Waals surface area contributed by atoms with Gasteiger partial charge in [0.15, 0.2) is 6.04 Å². The number of carbonyl (C=O) groups is 2. The Morgan fingerprint density at radius 1 is 1.19 bits per heavy atom. The van der Waals surface area contributed by atoms with Gasteiger partial charge in [0.1, 0.15) is 0 Å². The number of benzene rings is 2. The number of hydrogen-bond donors (Lipinski definition) is 2. The Morgan fingerprint density at radius 3 is 2.48 bits per heavy atom. The van der Waals surface area contributed by atoms with Gasteiger partial charge in [-0.1, -0.05) is 36.4 Å². The molecule has 5 nitrogen and oxygen atoms in total. The third kappa shape index (κ3) is 4.05. The largest absolute Gasteiger partial charge is 0.412 e. The van der Waals surface area contributed by atoms with Gasteiger partial charge in [-0.2, -0.15) is 13.2 Å². The van der Waals surface area contributed by atoms with Gasteiger partial charge >= 0.3 is 12.2 Å². The SMILES string of the molecule is Cc1ccc(C(=O)N[C@H](c2ccccc2)C(F)(F)F)cc1N1CCNC1=O. The van der Waals surface area contributed by atoms with Crippen LogP contribution in [0.25, 0.3) is 0 Å². The van der Waals surface area contributed by atoms with Crippen LogP contribution in [0.4, 0.5) is 23.7 Å². The summed E-state index contributed by atoms with van der Waals surface area (Å²) in [5.41, 5.74) is 1.25. The van der Waals surface area contributed by atoms with Crippen LogP contribution in [0, 0.1) is 6.92 Å². The molecule has 3 amide bonds. The van der Waals surface area contributed by atoms with Gasteiger partial charge in [0.25, 0.3) is 5.91 Å². The summed E-state index contributed by atoms with van der Waals surface area (Å²) in [6.07, 6.45) is -4.64. The van der Waals surface area contributed by atoms with Crippen molar-refractivity contribution in [2.45, 2.75) is 19.1 Å². The van der Waals surface area contributed by atoms with Gasteiger partial charge in [0.05, 0.1) is 0 Å². The van der Waals surface area contributed by atoms with Crippen LogP contribution < -0.4 is 15.5 Å². The zero-order chi connectivity index (χ0) is 19.6. The fourth-order valence-corrected chi connectivity index (χ4v) is 2.96. The van der Waals surface area contributed by atoms with E-state index in [-0.39, 0.29) is 17.2 Å². The van der Waals surface area contributed by atoms with Gasteiger partial charge in [0, 0.05) is 24.3 Å². The third-order valence-electron chi connectivity index (χ3n) is 4.35. The van der Waals surface area contributed by atoms with Crippen molar-refractivity contribution in [3.05, 3.63) is 65.2 Å². The van der Waals surface area contributed by atoms with E-state index < -0.39 is 18.1 Å². The number of aryl methyl sites for hydroxylation is 1. The molecule has 0 unspecified atom stereocenters. The number of halogens is 3. The second-order valence-electron chi connectivity index (χ2n) is 6.24. The Hall–Kier alpha value is -3.03. The third-order valence-corrected chi connectivity index (χ3v) is 4.35. The van der Waals surface area contributed by atoms with Crippen molar-refractivity contribution in [1.29, 1.82) is 0 Å². The second kappa shape index (κ2) is 7.30. The van der Waals surface area contributed by atoms with Gasteiger partial charge < -0.3 is 10.6 Å². The second-order valence-corrected chi connectivity index (χ2v) is 6.24. The predicted molar refractivity (Wildman–Crippen MR) is 94.6 cm³/mol. The number of alkyl halides is 3. The molecule has 0 aliphatic carbocycles. The molecule has 1 heterocycles. The van der Waals surface area contributed by atoms with E-state index >= 15 is 0 Å². The molecule has 0 aromatic heterocycles. The molecule has 27 heavy (non-hydrogen) atoms. The average Bonchev–Trinajstić information content (AvgIpc) is 3.05. The maximum absolute atomic E-state index is 13.4. The molecule has 0 spiro atoms. The van der Waals surface area contributed by atoms with Crippen LogP contribution in [-0.2, 0) is 0 Å². The van der Waals surface area contributed by atoms with E-state index in [0.29, 0.717) is 18.8 Å². The lowest BCUT2D eigenvalue weighted by Crippen LogP contribution is -2.38. The zero-order valence-electron chi connectivity index (χ0n) is 14.5. The van der Waals surface area contributed by atoms with E-state index in [1.807, 2.05) is 0 Å². The lowest BCUT2D eigenvalue weighted by molar-refractivity contribution is -0.155. The molecule has 2 aromatic carbocycles. The zero-order valence-corrected chi connectivity index (χ0v) is 14.5. The highest BCUT2D eigenvalue weighted by Crippen LogP contribution is 2.33. The highest BCUT2D eigenvalue weighted by Gasteiger charge is 2.42. The summed E-state index contributed by atoms with van der Waals surface area (Å²) < 4.78 is 40.3. The Morgan fingerprint density at radius 2 is 1.89 bits per heavy atom. The average molecular weight is 377 g/mol. The van der Waals surface area contributed by atoms with Crippen LogP contribution in [0.1, 0.15) is 27.5 Å². The quantitative estimate of drug-likeness (QED) is 0.856. The van der Waals surface area contributed by atoms with Crippen LogP contribution in [-0.4, -0.2) is 31.2 Å². The first-order valence-electron chi connectivity index (χ1n) is 8.36. The molecule has 3 rings (SSSR count). The summed E-state index contributed by atoms with van der Waals surface area (Å²) in [7, 11) is 0. The summed E-state index contributed by atoms with van der Waals surface area (Å²) in [4.78, 5) is 25.8. The number of hydrogen-bond acceptors (Lipinski definition) is 2. The van der Waals surface area contributed by atoms with Crippen LogP contribution >= 0.6 is 0 Å². The fourth-order valence-electron chi connectivity index (χ4n) is 2.96. The van der Waals surface area contributed by atoms with Crippen LogP contribution in [0.2, 0.25) is 0 Å². The maximum Gasteiger partial charge on any atom is 0.412 e.